The first-order valence-corrected chi connectivity index (χ1v) is 6.83. The maximum absolute atomic E-state index is 4.57. The molecule has 0 fully saturated rings. The molecule has 96 valence electrons. The van der Waals surface area contributed by atoms with Gasteiger partial charge in [0.15, 0.2) is 0 Å². The summed E-state index contributed by atoms with van der Waals surface area (Å²) in [6.07, 6.45) is 3.64. The van der Waals surface area contributed by atoms with Crippen LogP contribution in [0.2, 0.25) is 0 Å². The van der Waals surface area contributed by atoms with Gasteiger partial charge in [0.05, 0.1) is 23.4 Å². The molecule has 4 nitrogen and oxygen atoms in total. The Morgan fingerprint density at radius 3 is 2.89 bits per heavy atom. The number of pyridine rings is 2. The van der Waals surface area contributed by atoms with Crippen molar-refractivity contribution in [1.82, 2.24) is 19.7 Å². The highest BCUT2D eigenvalue weighted by atomic mass is 79.9. The number of hydrogen-bond donors (Lipinski definition) is 0. The van der Waals surface area contributed by atoms with Gasteiger partial charge in [-0.05, 0) is 48.0 Å². The van der Waals surface area contributed by atoms with Crippen LogP contribution in [0.1, 0.15) is 17.1 Å². The lowest BCUT2D eigenvalue weighted by atomic mass is 10.2. The van der Waals surface area contributed by atoms with Crippen LogP contribution in [-0.2, 0) is 6.54 Å². The molecule has 0 atom stereocenters. The zero-order valence-electron chi connectivity index (χ0n) is 10.8. The third-order valence-corrected chi connectivity index (χ3v) is 3.82. The highest BCUT2D eigenvalue weighted by Gasteiger charge is 2.10. The van der Waals surface area contributed by atoms with Crippen molar-refractivity contribution in [1.29, 1.82) is 0 Å². The predicted octanol–water partition coefficient (Wildman–Crippen LogP) is 3.25. The molecule has 0 bridgehead atoms. The fourth-order valence-corrected chi connectivity index (χ4v) is 2.49. The van der Waals surface area contributed by atoms with Crippen molar-refractivity contribution in [3.05, 3.63) is 52.1 Å². The van der Waals surface area contributed by atoms with E-state index in [0.717, 1.165) is 32.5 Å². The molecule has 3 rings (SSSR count). The van der Waals surface area contributed by atoms with Gasteiger partial charge in [0.2, 0.25) is 0 Å². The lowest BCUT2D eigenvalue weighted by Gasteiger charge is -2.06. The van der Waals surface area contributed by atoms with Crippen molar-refractivity contribution in [2.24, 2.45) is 0 Å². The normalized spacial score (nSPS) is 11.1. The lowest BCUT2D eigenvalue weighted by Crippen LogP contribution is -2.05. The smallest absolute Gasteiger partial charge is 0.0850 e. The average molecular weight is 317 g/mol. The summed E-state index contributed by atoms with van der Waals surface area (Å²) in [6.45, 7) is 4.64. The number of rotatable bonds is 2. The Balaban J connectivity index is 2.08. The Hall–Kier alpha value is -1.75. The summed E-state index contributed by atoms with van der Waals surface area (Å²) in [5.74, 6) is 0. The fraction of sp³-hybridized carbons (Fsp3) is 0.214. The number of hydrogen-bond acceptors (Lipinski definition) is 3. The van der Waals surface area contributed by atoms with E-state index in [0.29, 0.717) is 6.54 Å². The fourth-order valence-electron chi connectivity index (χ4n) is 2.15. The van der Waals surface area contributed by atoms with Gasteiger partial charge in [-0.2, -0.15) is 5.10 Å². The SMILES string of the molecule is Cc1ccc(Br)c(Cn2nc(C)c3cnccc32)n1. The topological polar surface area (TPSA) is 43.6 Å². The van der Waals surface area contributed by atoms with Crippen LogP contribution >= 0.6 is 15.9 Å². The van der Waals surface area contributed by atoms with Gasteiger partial charge < -0.3 is 0 Å². The molecule has 0 N–H and O–H groups in total. The first-order valence-electron chi connectivity index (χ1n) is 6.04. The summed E-state index contributed by atoms with van der Waals surface area (Å²) < 4.78 is 2.98. The van der Waals surface area contributed by atoms with E-state index in [1.807, 2.05) is 42.9 Å². The van der Waals surface area contributed by atoms with Crippen LogP contribution in [0, 0.1) is 13.8 Å². The number of fused-ring (bicyclic) bond motifs is 1. The minimum atomic E-state index is 0.649. The van der Waals surface area contributed by atoms with E-state index in [1.165, 1.54) is 0 Å². The highest BCUT2D eigenvalue weighted by molar-refractivity contribution is 9.10. The summed E-state index contributed by atoms with van der Waals surface area (Å²) in [5.41, 5.74) is 4.07. The Morgan fingerprint density at radius 1 is 1.21 bits per heavy atom. The van der Waals surface area contributed by atoms with E-state index < -0.39 is 0 Å². The van der Waals surface area contributed by atoms with Crippen molar-refractivity contribution < 1.29 is 0 Å². The second-order valence-electron chi connectivity index (χ2n) is 4.52. The maximum atomic E-state index is 4.57. The highest BCUT2D eigenvalue weighted by Crippen LogP contribution is 2.20. The first kappa shape index (κ1) is 12.3. The second kappa shape index (κ2) is 4.74. The molecule has 3 heterocycles. The monoisotopic (exact) mass is 316 g/mol. The van der Waals surface area contributed by atoms with Crippen LogP contribution in [0.4, 0.5) is 0 Å². The summed E-state index contributed by atoms with van der Waals surface area (Å²) >= 11 is 3.54. The van der Waals surface area contributed by atoms with Crippen LogP contribution in [0.15, 0.2) is 35.1 Å². The number of nitrogens with zero attached hydrogens (tertiary/aromatic N) is 4. The Labute approximate surface area is 119 Å². The van der Waals surface area contributed by atoms with Crippen molar-refractivity contribution in [2.45, 2.75) is 20.4 Å². The molecular weight excluding hydrogens is 304 g/mol. The number of aromatic nitrogens is 4. The Morgan fingerprint density at radius 2 is 2.05 bits per heavy atom. The van der Waals surface area contributed by atoms with Crippen LogP contribution in [0.3, 0.4) is 0 Å². The molecule has 5 heteroatoms. The molecule has 0 radical (unpaired) electrons. The molecule has 3 aromatic heterocycles. The van der Waals surface area contributed by atoms with Gasteiger partial charge in [-0.15, -0.1) is 0 Å². The van der Waals surface area contributed by atoms with E-state index in [1.54, 1.807) is 6.20 Å². The largest absolute Gasteiger partial charge is 0.264 e. The minimum absolute atomic E-state index is 0.649. The Kier molecular flexibility index (Phi) is 3.06. The molecule has 0 aliphatic carbocycles. The number of aryl methyl sites for hydroxylation is 2. The molecule has 3 aromatic rings. The molecule has 0 unspecified atom stereocenters. The van der Waals surface area contributed by atoms with Gasteiger partial charge in [0.25, 0.3) is 0 Å². The second-order valence-corrected chi connectivity index (χ2v) is 5.37. The average Bonchev–Trinajstić information content (AvgIpc) is 2.72. The summed E-state index contributed by atoms with van der Waals surface area (Å²) in [7, 11) is 0. The molecule has 0 saturated heterocycles. The van der Waals surface area contributed by atoms with Crippen molar-refractivity contribution in [3.63, 3.8) is 0 Å². The van der Waals surface area contributed by atoms with Crippen molar-refractivity contribution >= 4 is 26.8 Å². The van der Waals surface area contributed by atoms with Crippen LogP contribution in [-0.4, -0.2) is 19.7 Å². The van der Waals surface area contributed by atoms with Gasteiger partial charge in [-0.1, -0.05) is 0 Å². The third kappa shape index (κ3) is 2.26. The van der Waals surface area contributed by atoms with Gasteiger partial charge >= 0.3 is 0 Å². The molecule has 0 saturated carbocycles. The van der Waals surface area contributed by atoms with E-state index in [9.17, 15) is 0 Å². The standard InChI is InChI=1S/C14H13BrN4/c1-9-3-4-12(15)13(17-9)8-19-14-5-6-16-7-11(14)10(2)18-19/h3-7H,8H2,1-2H3. The molecule has 0 spiro atoms. The zero-order chi connectivity index (χ0) is 13.4. The van der Waals surface area contributed by atoms with Gasteiger partial charge in [-0.25, -0.2) is 0 Å². The summed E-state index contributed by atoms with van der Waals surface area (Å²) in [4.78, 5) is 8.71. The molecule has 0 amide bonds. The summed E-state index contributed by atoms with van der Waals surface area (Å²) in [5, 5.41) is 5.66. The lowest BCUT2D eigenvalue weighted by molar-refractivity contribution is 0.684. The predicted molar refractivity (Wildman–Crippen MR) is 78.0 cm³/mol. The summed E-state index contributed by atoms with van der Waals surface area (Å²) in [6, 6.07) is 6.00. The van der Waals surface area contributed by atoms with E-state index in [-0.39, 0.29) is 0 Å². The van der Waals surface area contributed by atoms with E-state index in [4.69, 9.17) is 0 Å². The van der Waals surface area contributed by atoms with Crippen LogP contribution in [0.5, 0.6) is 0 Å². The molecule has 19 heavy (non-hydrogen) atoms. The third-order valence-electron chi connectivity index (χ3n) is 3.09. The molecule has 0 aliphatic rings. The minimum Gasteiger partial charge on any atom is -0.264 e. The van der Waals surface area contributed by atoms with Crippen molar-refractivity contribution in [2.75, 3.05) is 0 Å². The molecular formula is C14H13BrN4. The Bertz CT molecular complexity index is 748. The first-order chi connectivity index (χ1) is 9.15. The van der Waals surface area contributed by atoms with Crippen LogP contribution < -0.4 is 0 Å². The quantitative estimate of drug-likeness (QED) is 0.729. The van der Waals surface area contributed by atoms with Gasteiger partial charge in [0.1, 0.15) is 0 Å². The molecule has 0 aromatic carbocycles. The van der Waals surface area contributed by atoms with Crippen LogP contribution in [0.25, 0.3) is 10.9 Å². The van der Waals surface area contributed by atoms with Gasteiger partial charge in [-0.3, -0.25) is 14.6 Å². The van der Waals surface area contributed by atoms with E-state index in [2.05, 4.69) is 31.0 Å². The zero-order valence-corrected chi connectivity index (χ0v) is 12.3. The van der Waals surface area contributed by atoms with Crippen molar-refractivity contribution in [3.8, 4) is 0 Å². The van der Waals surface area contributed by atoms with E-state index >= 15 is 0 Å². The molecule has 0 aliphatic heterocycles. The van der Waals surface area contributed by atoms with Gasteiger partial charge in [0, 0.05) is 27.9 Å². The maximum Gasteiger partial charge on any atom is 0.0850 e. The number of halogens is 1.